The number of alkyl halides is 17. The lowest BCUT2D eigenvalue weighted by Crippen LogP contribution is -2.75. The van der Waals surface area contributed by atoms with Crippen LogP contribution >= 0.6 is 0 Å². The number of methoxy groups -OCH3 is 3. The van der Waals surface area contributed by atoms with E-state index in [0.717, 1.165) is 17.2 Å². The third kappa shape index (κ3) is 6.93. The van der Waals surface area contributed by atoms with Crippen LogP contribution in [0.5, 0.6) is 17.2 Å². The third-order valence-corrected chi connectivity index (χ3v) is 9.66. The molecular formula is C22H21F17O6S2. The molecule has 25 heteroatoms. The van der Waals surface area contributed by atoms with Gasteiger partial charge in [0, 0.05) is 17.0 Å². The predicted octanol–water partition coefficient (Wildman–Crippen LogP) is 7.37. The van der Waals surface area contributed by atoms with Gasteiger partial charge in [0.25, 0.3) is 0 Å². The van der Waals surface area contributed by atoms with Crippen LogP contribution in [0.25, 0.3) is 0 Å². The van der Waals surface area contributed by atoms with Gasteiger partial charge < -0.3 is 18.8 Å². The van der Waals surface area contributed by atoms with E-state index >= 15 is 0 Å². The Hall–Kier alpha value is -2.31. The monoisotopic (exact) mass is 768 g/mol. The number of hydrogen-bond donors (Lipinski definition) is 0. The van der Waals surface area contributed by atoms with Crippen LogP contribution in [0.15, 0.2) is 17.0 Å². The van der Waals surface area contributed by atoms with Crippen LogP contribution in [0.3, 0.4) is 0 Å². The fourth-order valence-corrected chi connectivity index (χ4v) is 6.55. The van der Waals surface area contributed by atoms with Crippen LogP contribution in [0, 0.1) is 0 Å². The zero-order valence-corrected chi connectivity index (χ0v) is 25.0. The Bertz CT molecular complexity index is 1340. The predicted molar refractivity (Wildman–Crippen MR) is 126 cm³/mol. The summed E-state index contributed by atoms with van der Waals surface area (Å²) in [5, 5.41) is -7.95. The zero-order valence-electron chi connectivity index (χ0n) is 23.4. The van der Waals surface area contributed by atoms with Crippen LogP contribution in [0.2, 0.25) is 0 Å². The van der Waals surface area contributed by atoms with Crippen LogP contribution in [0.4, 0.5) is 74.6 Å². The summed E-state index contributed by atoms with van der Waals surface area (Å²) in [7, 11) is -2.83. The second kappa shape index (κ2) is 13.5. The Morgan fingerprint density at radius 2 is 0.957 bits per heavy atom. The fraction of sp³-hybridized carbons (Fsp3) is 0.727. The molecule has 0 atom stereocenters. The first-order valence-corrected chi connectivity index (χ1v) is 14.9. The minimum Gasteiger partial charge on any atom is -0.743 e. The van der Waals surface area contributed by atoms with Gasteiger partial charge in [-0.3, -0.25) is 0 Å². The standard InChI is InChI=1S/C14H21O3S.C8HF17O3S/c1-15-11-7-8-12(14(17-3)13(11)16-2)18-9-5-4-6-10-18;9-1(10,3(13,14)5(17,18)7(21,22)23)2(11,12)4(15,16)6(19,20)8(24,25)29(26,27)28/h7-8H,4-6,9-10H2,1-3H3;(H,26,27,28)/q+1;/p-1. The molecule has 1 fully saturated rings. The maximum Gasteiger partial charge on any atom is 0.460 e. The SMILES string of the molecule is COc1ccc([S+]2CCCCC2)c(OC)c1OC.O=S(=O)([O-])C(F)(F)C(F)(F)C(F)(F)C(F)(F)C(F)(F)C(F)(F)C(F)(F)C(F)(F)F. The minimum absolute atomic E-state index is 0.298. The van der Waals surface area contributed by atoms with E-state index in [1.165, 1.54) is 35.7 Å². The molecule has 1 aliphatic heterocycles. The maximum absolute atomic E-state index is 13.0. The van der Waals surface area contributed by atoms with Crippen molar-refractivity contribution in [2.24, 2.45) is 0 Å². The molecule has 1 heterocycles. The Morgan fingerprint density at radius 1 is 0.574 bits per heavy atom. The van der Waals surface area contributed by atoms with Crippen molar-refractivity contribution < 1.29 is 102 Å². The molecule has 6 nitrogen and oxygen atoms in total. The number of hydrogen-bond acceptors (Lipinski definition) is 6. The van der Waals surface area contributed by atoms with Gasteiger partial charge in [0.1, 0.15) is 11.5 Å². The lowest BCUT2D eigenvalue weighted by atomic mass is 9.91. The van der Waals surface area contributed by atoms with E-state index in [-0.39, 0.29) is 0 Å². The summed E-state index contributed by atoms with van der Waals surface area (Å²) in [6.07, 6.45) is -3.89. The minimum atomic E-state index is -8.92. The smallest absolute Gasteiger partial charge is 0.460 e. The molecular weight excluding hydrogens is 747 g/mol. The van der Waals surface area contributed by atoms with Gasteiger partial charge in [0.15, 0.2) is 15.9 Å². The first kappa shape index (κ1) is 42.7. The number of halogens is 17. The topological polar surface area (TPSA) is 84.9 Å². The average Bonchev–Trinajstić information content (AvgIpc) is 2.95. The Labute approximate surface area is 256 Å². The van der Waals surface area contributed by atoms with E-state index in [9.17, 15) is 87.6 Å². The molecule has 0 N–H and O–H groups in total. The molecule has 2 rings (SSSR count). The molecule has 0 saturated carbocycles. The highest BCUT2D eigenvalue weighted by atomic mass is 32.2. The van der Waals surface area contributed by atoms with Gasteiger partial charge in [0.05, 0.1) is 21.3 Å². The molecule has 0 aliphatic carbocycles. The van der Waals surface area contributed by atoms with Crippen LogP contribution < -0.4 is 14.2 Å². The molecule has 0 spiro atoms. The Balaban J connectivity index is 0.000000520. The lowest BCUT2D eigenvalue weighted by molar-refractivity contribution is -0.458. The van der Waals surface area contributed by atoms with Gasteiger partial charge in [-0.05, 0) is 25.3 Å². The summed E-state index contributed by atoms with van der Waals surface area (Å²) in [5.74, 6) is -47.3. The Kier molecular flexibility index (Phi) is 12.3. The summed E-state index contributed by atoms with van der Waals surface area (Å²) in [4.78, 5) is 1.29. The maximum atomic E-state index is 13.0. The Morgan fingerprint density at radius 3 is 1.30 bits per heavy atom. The number of rotatable bonds is 11. The van der Waals surface area contributed by atoms with Crippen molar-refractivity contribution in [2.45, 2.75) is 71.1 Å². The summed E-state index contributed by atoms with van der Waals surface area (Å²) in [5.41, 5.74) is 0. The van der Waals surface area contributed by atoms with E-state index in [1.807, 2.05) is 6.07 Å². The van der Waals surface area contributed by atoms with Gasteiger partial charge >= 0.3 is 47.0 Å². The molecule has 1 aromatic carbocycles. The van der Waals surface area contributed by atoms with E-state index in [1.54, 1.807) is 21.3 Å². The molecule has 47 heavy (non-hydrogen) atoms. The molecule has 1 saturated heterocycles. The molecule has 276 valence electrons. The van der Waals surface area contributed by atoms with E-state index in [0.29, 0.717) is 10.9 Å². The van der Waals surface area contributed by atoms with Gasteiger partial charge in [0.2, 0.25) is 16.4 Å². The van der Waals surface area contributed by atoms with Gasteiger partial charge in [-0.1, -0.05) is 0 Å². The third-order valence-electron chi connectivity index (χ3n) is 6.27. The molecule has 1 aliphatic rings. The van der Waals surface area contributed by atoms with Crippen molar-refractivity contribution in [3.05, 3.63) is 12.1 Å². The highest BCUT2D eigenvalue weighted by molar-refractivity contribution is 7.97. The van der Waals surface area contributed by atoms with Crippen molar-refractivity contribution in [3.63, 3.8) is 0 Å². The van der Waals surface area contributed by atoms with E-state index < -0.39 is 57.1 Å². The van der Waals surface area contributed by atoms with E-state index in [4.69, 9.17) is 14.2 Å². The van der Waals surface area contributed by atoms with Crippen molar-refractivity contribution in [1.29, 1.82) is 0 Å². The van der Waals surface area contributed by atoms with Crippen molar-refractivity contribution in [3.8, 4) is 17.2 Å². The molecule has 0 aromatic heterocycles. The van der Waals surface area contributed by atoms with Crippen LogP contribution in [-0.2, 0) is 21.0 Å². The molecule has 0 radical (unpaired) electrons. The summed E-state index contributed by atoms with van der Waals surface area (Å²) >= 11 is 0. The highest BCUT2D eigenvalue weighted by Crippen LogP contribution is 2.64. The van der Waals surface area contributed by atoms with Crippen LogP contribution in [-0.4, -0.2) is 92.8 Å². The first-order chi connectivity index (χ1) is 20.8. The molecule has 0 bridgehead atoms. The van der Waals surface area contributed by atoms with Gasteiger partial charge in [-0.2, -0.15) is 74.6 Å². The van der Waals surface area contributed by atoms with Crippen LogP contribution in [0.1, 0.15) is 19.3 Å². The van der Waals surface area contributed by atoms with Crippen molar-refractivity contribution >= 4 is 21.0 Å². The van der Waals surface area contributed by atoms with Gasteiger partial charge in [-0.15, -0.1) is 0 Å². The summed E-state index contributed by atoms with van der Waals surface area (Å²) in [6, 6.07) is 4.12. The van der Waals surface area contributed by atoms with Crippen molar-refractivity contribution in [2.75, 3.05) is 32.8 Å². The second-order valence-corrected chi connectivity index (χ2v) is 12.9. The molecule has 0 unspecified atom stereocenters. The number of ether oxygens (including phenoxy) is 3. The van der Waals surface area contributed by atoms with Gasteiger partial charge in [-0.25, -0.2) is 8.42 Å². The molecule has 1 aromatic rings. The average molecular weight is 769 g/mol. The summed E-state index contributed by atoms with van der Waals surface area (Å²) < 4.78 is 260. The first-order valence-electron chi connectivity index (χ1n) is 11.9. The lowest BCUT2D eigenvalue weighted by Gasteiger charge is -2.42. The second-order valence-electron chi connectivity index (χ2n) is 9.21. The number of benzene rings is 1. The van der Waals surface area contributed by atoms with E-state index in [2.05, 4.69) is 6.07 Å². The highest BCUT2D eigenvalue weighted by Gasteiger charge is 2.95. The quantitative estimate of drug-likeness (QED) is 0.133. The largest absolute Gasteiger partial charge is 0.743 e. The normalized spacial score (nSPS) is 16.7. The zero-order chi connectivity index (χ0) is 37.5. The summed E-state index contributed by atoms with van der Waals surface area (Å²) in [6.45, 7) is 0. The fourth-order valence-electron chi connectivity index (χ4n) is 3.66. The van der Waals surface area contributed by atoms with Crippen molar-refractivity contribution in [1.82, 2.24) is 0 Å². The molecule has 0 amide bonds.